The Morgan fingerprint density at radius 1 is 1.24 bits per heavy atom. The Hall–Kier alpha value is -3.63. The van der Waals surface area contributed by atoms with Gasteiger partial charge in [0.2, 0.25) is 0 Å². The molecule has 0 saturated heterocycles. The van der Waals surface area contributed by atoms with Gasteiger partial charge in [0.05, 0.1) is 31.0 Å². The maximum absolute atomic E-state index is 12.9. The van der Waals surface area contributed by atoms with E-state index in [0.29, 0.717) is 16.2 Å². The van der Waals surface area contributed by atoms with E-state index >= 15 is 0 Å². The van der Waals surface area contributed by atoms with E-state index in [9.17, 15) is 4.79 Å². The molecule has 1 amide bonds. The van der Waals surface area contributed by atoms with Crippen molar-refractivity contribution < 1.29 is 14.3 Å². The van der Waals surface area contributed by atoms with Gasteiger partial charge in [-0.15, -0.1) is 11.3 Å². The monoisotopic (exact) mass is 464 g/mol. The number of methoxy groups -OCH3 is 2. The normalized spacial score (nSPS) is 13.6. The molecule has 10 heteroatoms. The van der Waals surface area contributed by atoms with E-state index in [4.69, 9.17) is 15.2 Å². The molecular formula is C23H24N6O3S. The molecule has 2 aromatic heterocycles. The lowest BCUT2D eigenvalue weighted by Crippen LogP contribution is -2.29. The third-order valence-corrected chi connectivity index (χ3v) is 6.69. The lowest BCUT2D eigenvalue weighted by atomic mass is 10.1. The minimum absolute atomic E-state index is 0.252. The number of ether oxygens (including phenoxy) is 2. The number of rotatable bonds is 6. The van der Waals surface area contributed by atoms with Gasteiger partial charge in [0.25, 0.3) is 5.91 Å². The zero-order chi connectivity index (χ0) is 22.9. The molecule has 9 nitrogen and oxygen atoms in total. The second-order valence-corrected chi connectivity index (χ2v) is 8.89. The number of hydrogen-bond acceptors (Lipinski definition) is 8. The number of benzene rings is 2. The molecule has 0 aliphatic carbocycles. The Labute approximate surface area is 194 Å². The van der Waals surface area contributed by atoms with E-state index in [0.717, 1.165) is 59.2 Å². The Morgan fingerprint density at radius 2 is 2.12 bits per heavy atom. The van der Waals surface area contributed by atoms with Crippen LogP contribution in [0.1, 0.15) is 26.5 Å². The summed E-state index contributed by atoms with van der Waals surface area (Å²) in [5.41, 5.74) is 9.63. The van der Waals surface area contributed by atoms with Crippen LogP contribution in [0, 0.1) is 0 Å². The van der Waals surface area contributed by atoms with Gasteiger partial charge in [0.1, 0.15) is 17.0 Å². The number of nitrogens with two attached hydrogens (primary N) is 1. The van der Waals surface area contributed by atoms with Crippen LogP contribution >= 0.6 is 11.3 Å². The number of H-pyrrole nitrogens is 1. The molecule has 0 saturated carbocycles. The minimum Gasteiger partial charge on any atom is -0.497 e. The number of aromatic nitrogens is 3. The molecule has 3 heterocycles. The zero-order valence-corrected chi connectivity index (χ0v) is 19.2. The number of nitrogen functional groups attached to an aromatic ring is 1. The highest BCUT2D eigenvalue weighted by Crippen LogP contribution is 2.32. The van der Waals surface area contributed by atoms with Crippen LogP contribution < -0.4 is 20.5 Å². The summed E-state index contributed by atoms with van der Waals surface area (Å²) in [6.45, 7) is 2.41. The lowest BCUT2D eigenvalue weighted by molar-refractivity contribution is 0.102. The highest BCUT2D eigenvalue weighted by molar-refractivity contribution is 7.15. The van der Waals surface area contributed by atoms with Crippen molar-refractivity contribution in [2.75, 3.05) is 31.8 Å². The van der Waals surface area contributed by atoms with E-state index in [1.807, 2.05) is 24.3 Å². The third-order valence-electron chi connectivity index (χ3n) is 5.69. The van der Waals surface area contributed by atoms with Crippen LogP contribution in [-0.2, 0) is 19.5 Å². The Balaban J connectivity index is 1.30. The van der Waals surface area contributed by atoms with E-state index in [2.05, 4.69) is 25.2 Å². The number of hydrogen-bond donors (Lipinski definition) is 3. The number of aromatic amines is 1. The number of carbonyl (C=O) groups excluding carboxylic acids is 1. The van der Waals surface area contributed by atoms with Gasteiger partial charge in [0.15, 0.2) is 11.1 Å². The molecule has 170 valence electrons. The van der Waals surface area contributed by atoms with Gasteiger partial charge in [-0.1, -0.05) is 12.1 Å². The fraction of sp³-hybridized carbons (Fsp3) is 0.261. The van der Waals surface area contributed by atoms with Crippen molar-refractivity contribution in [3.05, 3.63) is 58.1 Å². The number of imidazole rings is 1. The first-order chi connectivity index (χ1) is 16.0. The fourth-order valence-electron chi connectivity index (χ4n) is 4.06. The molecule has 0 spiro atoms. The van der Waals surface area contributed by atoms with Crippen molar-refractivity contribution in [1.29, 1.82) is 0 Å². The van der Waals surface area contributed by atoms with Crippen LogP contribution in [0.2, 0.25) is 0 Å². The summed E-state index contributed by atoms with van der Waals surface area (Å²) in [6.07, 6.45) is 0.825. The van der Waals surface area contributed by atoms with Crippen LogP contribution in [-0.4, -0.2) is 46.5 Å². The van der Waals surface area contributed by atoms with E-state index in [1.54, 1.807) is 26.4 Å². The maximum atomic E-state index is 12.9. The lowest BCUT2D eigenvalue weighted by Gasteiger charge is -2.26. The van der Waals surface area contributed by atoms with Gasteiger partial charge in [-0.2, -0.15) is 0 Å². The summed E-state index contributed by atoms with van der Waals surface area (Å²) in [5.74, 6) is 1.61. The summed E-state index contributed by atoms with van der Waals surface area (Å²) in [7, 11) is 3.31. The van der Waals surface area contributed by atoms with Crippen LogP contribution in [0.15, 0.2) is 36.4 Å². The van der Waals surface area contributed by atoms with Gasteiger partial charge in [-0.05, 0) is 18.2 Å². The number of amides is 1. The number of nitrogens with zero attached hydrogens (tertiary/aromatic N) is 3. The van der Waals surface area contributed by atoms with Gasteiger partial charge < -0.3 is 20.2 Å². The molecule has 2 aromatic carbocycles. The van der Waals surface area contributed by atoms with Crippen molar-refractivity contribution in [3.8, 4) is 11.5 Å². The van der Waals surface area contributed by atoms with E-state index < -0.39 is 0 Å². The minimum atomic E-state index is -0.252. The van der Waals surface area contributed by atoms with Crippen LogP contribution in [0.3, 0.4) is 0 Å². The number of thiazole rings is 1. The number of anilines is 2. The first-order valence-electron chi connectivity index (χ1n) is 10.5. The SMILES string of the molecule is COc1ccc(CN2CCc3nc(NC(=O)c4cccc5[nH]c(N)nc45)sc3C2)c(OC)c1. The largest absolute Gasteiger partial charge is 0.497 e. The van der Waals surface area contributed by atoms with Gasteiger partial charge in [0, 0.05) is 42.6 Å². The molecule has 0 radical (unpaired) electrons. The highest BCUT2D eigenvalue weighted by Gasteiger charge is 2.23. The van der Waals surface area contributed by atoms with Crippen LogP contribution in [0.5, 0.6) is 11.5 Å². The van der Waals surface area contributed by atoms with E-state index in [-0.39, 0.29) is 11.9 Å². The van der Waals surface area contributed by atoms with Crippen molar-refractivity contribution in [3.63, 3.8) is 0 Å². The van der Waals surface area contributed by atoms with Crippen molar-refractivity contribution in [2.45, 2.75) is 19.5 Å². The number of para-hydroxylation sites is 1. The van der Waals surface area contributed by atoms with Gasteiger partial charge >= 0.3 is 0 Å². The smallest absolute Gasteiger partial charge is 0.259 e. The van der Waals surface area contributed by atoms with Crippen molar-refractivity contribution >= 4 is 39.4 Å². The summed E-state index contributed by atoms with van der Waals surface area (Å²) in [5, 5.41) is 3.53. The molecular weight excluding hydrogens is 440 g/mol. The molecule has 4 aromatic rings. The summed E-state index contributed by atoms with van der Waals surface area (Å²) in [6, 6.07) is 11.3. The molecule has 33 heavy (non-hydrogen) atoms. The highest BCUT2D eigenvalue weighted by atomic mass is 32.1. The standard InChI is InChI=1S/C23H24N6O3S/c1-31-14-7-6-13(18(10-14)32-2)11-29-9-8-16-19(12-29)33-23(26-16)28-21(30)15-4-3-5-17-20(15)27-22(24)25-17/h3-7,10H,8-9,11-12H2,1-2H3,(H3,24,25,27)(H,26,28,30). The maximum Gasteiger partial charge on any atom is 0.259 e. The molecule has 1 aliphatic rings. The third kappa shape index (κ3) is 4.22. The first kappa shape index (κ1) is 21.2. The molecule has 1 aliphatic heterocycles. The van der Waals surface area contributed by atoms with E-state index in [1.165, 1.54) is 11.3 Å². The number of carbonyl (C=O) groups is 1. The predicted octanol–water partition coefficient (Wildman–Crippen LogP) is 3.43. The van der Waals surface area contributed by atoms with Gasteiger partial charge in [-0.25, -0.2) is 9.97 Å². The molecule has 0 unspecified atom stereocenters. The fourth-order valence-corrected chi connectivity index (χ4v) is 5.10. The summed E-state index contributed by atoms with van der Waals surface area (Å²) in [4.78, 5) is 28.3. The number of fused-ring (bicyclic) bond motifs is 2. The summed E-state index contributed by atoms with van der Waals surface area (Å²) >= 11 is 1.51. The average Bonchev–Trinajstić information content (AvgIpc) is 3.40. The Morgan fingerprint density at radius 3 is 2.94 bits per heavy atom. The second kappa shape index (κ2) is 8.72. The zero-order valence-electron chi connectivity index (χ0n) is 18.3. The Bertz CT molecular complexity index is 1330. The average molecular weight is 465 g/mol. The topological polar surface area (TPSA) is 118 Å². The molecule has 0 fully saturated rings. The molecule has 4 N–H and O–H groups in total. The van der Waals surface area contributed by atoms with Crippen LogP contribution in [0.4, 0.5) is 11.1 Å². The first-order valence-corrected chi connectivity index (χ1v) is 11.3. The number of nitrogens with one attached hydrogen (secondary N) is 2. The van der Waals surface area contributed by atoms with Crippen LogP contribution in [0.25, 0.3) is 11.0 Å². The quantitative estimate of drug-likeness (QED) is 0.400. The van der Waals surface area contributed by atoms with Gasteiger partial charge in [-0.3, -0.25) is 15.0 Å². The summed E-state index contributed by atoms with van der Waals surface area (Å²) < 4.78 is 10.8. The second-order valence-electron chi connectivity index (χ2n) is 7.81. The Kier molecular flexibility index (Phi) is 5.61. The van der Waals surface area contributed by atoms with Crippen molar-refractivity contribution in [1.82, 2.24) is 19.9 Å². The molecule has 0 atom stereocenters. The molecule has 0 bridgehead atoms. The molecule has 5 rings (SSSR count). The predicted molar refractivity (Wildman–Crippen MR) is 128 cm³/mol. The van der Waals surface area contributed by atoms with Crippen molar-refractivity contribution in [2.24, 2.45) is 0 Å².